The van der Waals surface area contributed by atoms with Crippen LogP contribution in [0, 0.1) is 0 Å². The molecule has 112 valence electrons. The van der Waals surface area contributed by atoms with E-state index in [9.17, 15) is 4.79 Å². The normalized spacial score (nSPS) is 10.5. The minimum atomic E-state index is -0.430. The van der Waals surface area contributed by atoms with Gasteiger partial charge >= 0.3 is 0 Å². The summed E-state index contributed by atoms with van der Waals surface area (Å²) in [5.41, 5.74) is 0.448. The molecule has 0 radical (unpaired) electrons. The van der Waals surface area contributed by atoms with Gasteiger partial charge in [-0.05, 0) is 34.5 Å². The smallest absolute Gasteiger partial charge is 0.295 e. The van der Waals surface area contributed by atoms with E-state index >= 15 is 0 Å². The van der Waals surface area contributed by atoms with Crippen molar-refractivity contribution in [1.29, 1.82) is 0 Å². The van der Waals surface area contributed by atoms with Crippen LogP contribution in [0.25, 0.3) is 0 Å². The summed E-state index contributed by atoms with van der Waals surface area (Å²) in [6.07, 6.45) is 1.66. The van der Waals surface area contributed by atoms with E-state index in [4.69, 9.17) is 16.3 Å². The average molecular weight is 374 g/mol. The molecule has 0 saturated heterocycles. The number of carbonyl (C=O) groups excluding carboxylic acids is 1. The predicted molar refractivity (Wildman–Crippen MR) is 84.0 cm³/mol. The molecule has 0 aliphatic carbocycles. The number of rotatable bonds is 5. The summed E-state index contributed by atoms with van der Waals surface area (Å²) in [4.78, 5) is 16.3. The zero-order valence-electron chi connectivity index (χ0n) is 11.5. The van der Waals surface area contributed by atoms with Crippen LogP contribution in [-0.2, 0) is 6.42 Å². The van der Waals surface area contributed by atoms with Gasteiger partial charge in [-0.3, -0.25) is 9.89 Å². The molecule has 2 aromatic rings. The molecule has 1 amide bonds. The van der Waals surface area contributed by atoms with Crippen LogP contribution >= 0.6 is 27.5 Å². The molecule has 0 atom stereocenters. The summed E-state index contributed by atoms with van der Waals surface area (Å²) in [6.45, 7) is 2.02. The molecule has 21 heavy (non-hydrogen) atoms. The van der Waals surface area contributed by atoms with Gasteiger partial charge < -0.3 is 10.1 Å². The third kappa shape index (κ3) is 3.74. The number of halogens is 2. The molecule has 1 heterocycles. The molecule has 0 bridgehead atoms. The Balaban J connectivity index is 2.22. The van der Waals surface area contributed by atoms with Gasteiger partial charge in [0, 0.05) is 11.4 Å². The average Bonchev–Trinajstić information content (AvgIpc) is 2.87. The van der Waals surface area contributed by atoms with Gasteiger partial charge in [0.15, 0.2) is 5.75 Å². The molecular weight excluding hydrogens is 360 g/mol. The molecule has 0 spiro atoms. The van der Waals surface area contributed by atoms with Crippen LogP contribution in [0.2, 0.25) is 5.02 Å². The first-order chi connectivity index (χ1) is 10.0. The van der Waals surface area contributed by atoms with Gasteiger partial charge in [0.2, 0.25) is 5.82 Å². The Morgan fingerprint density at radius 2 is 2.29 bits per heavy atom. The van der Waals surface area contributed by atoms with Crippen molar-refractivity contribution in [1.82, 2.24) is 15.2 Å². The number of nitrogens with one attached hydrogen (secondary N) is 2. The lowest BCUT2D eigenvalue weighted by molar-refractivity contribution is 0.101. The number of ether oxygens (including phenoxy) is 1. The monoisotopic (exact) mass is 372 g/mol. The van der Waals surface area contributed by atoms with Gasteiger partial charge in [-0.1, -0.05) is 18.5 Å². The molecule has 0 aliphatic rings. The molecule has 2 N–H and O–H groups in total. The lowest BCUT2D eigenvalue weighted by Gasteiger charge is -2.11. The largest absolute Gasteiger partial charge is 0.493 e. The van der Waals surface area contributed by atoms with E-state index in [-0.39, 0.29) is 5.82 Å². The fourth-order valence-electron chi connectivity index (χ4n) is 1.78. The maximum atomic E-state index is 12.2. The predicted octanol–water partition coefficient (Wildman–Crippen LogP) is 3.43. The molecule has 1 aromatic heterocycles. The molecule has 6 nitrogen and oxygen atoms in total. The highest BCUT2D eigenvalue weighted by atomic mass is 79.9. The highest BCUT2D eigenvalue weighted by Gasteiger charge is 2.16. The number of aromatic amines is 1. The van der Waals surface area contributed by atoms with Gasteiger partial charge in [-0.15, -0.1) is 5.10 Å². The molecule has 8 heteroatoms. The Labute approximate surface area is 135 Å². The number of aromatic nitrogens is 3. The van der Waals surface area contributed by atoms with E-state index in [1.807, 2.05) is 6.92 Å². The minimum Gasteiger partial charge on any atom is -0.493 e. The fourth-order valence-corrected chi connectivity index (χ4v) is 2.76. The van der Waals surface area contributed by atoms with Crippen LogP contribution in [0.4, 0.5) is 5.69 Å². The van der Waals surface area contributed by atoms with Crippen LogP contribution in [0.3, 0.4) is 0 Å². The van der Waals surface area contributed by atoms with Crippen LogP contribution in [0.1, 0.15) is 29.8 Å². The van der Waals surface area contributed by atoms with E-state index in [1.54, 1.807) is 12.1 Å². The minimum absolute atomic E-state index is 0.0802. The first-order valence-corrected chi connectivity index (χ1v) is 7.48. The summed E-state index contributed by atoms with van der Waals surface area (Å²) in [5, 5.41) is 9.80. The number of H-pyrrole nitrogens is 1. The SMILES string of the molecule is CCCc1nc(C(=O)Nc2cc(Cl)cc(Br)c2OC)n[nH]1. The number of nitrogens with zero attached hydrogens (tertiary/aromatic N) is 2. The maximum Gasteiger partial charge on any atom is 0.295 e. The summed E-state index contributed by atoms with van der Waals surface area (Å²) >= 11 is 9.31. The molecule has 0 saturated carbocycles. The first-order valence-electron chi connectivity index (χ1n) is 6.30. The number of methoxy groups -OCH3 is 1. The lowest BCUT2D eigenvalue weighted by Crippen LogP contribution is -2.14. The Morgan fingerprint density at radius 3 is 2.95 bits per heavy atom. The van der Waals surface area contributed by atoms with Crippen molar-refractivity contribution in [3.8, 4) is 5.75 Å². The second kappa shape index (κ2) is 6.91. The number of carbonyl (C=O) groups is 1. The van der Waals surface area contributed by atoms with Gasteiger partial charge in [0.05, 0.1) is 17.3 Å². The van der Waals surface area contributed by atoms with Crippen LogP contribution in [0.5, 0.6) is 5.75 Å². The second-order valence-electron chi connectivity index (χ2n) is 4.28. The molecule has 0 fully saturated rings. The van der Waals surface area contributed by atoms with Crippen molar-refractivity contribution >= 4 is 39.1 Å². The molecule has 2 rings (SSSR count). The zero-order valence-corrected chi connectivity index (χ0v) is 13.9. The zero-order chi connectivity index (χ0) is 15.4. The summed E-state index contributed by atoms with van der Waals surface area (Å²) in [6, 6.07) is 3.28. The lowest BCUT2D eigenvalue weighted by atomic mass is 10.3. The standard InChI is InChI=1S/C13H14BrClN4O2/c1-3-4-10-17-12(19-18-10)13(20)16-9-6-7(15)5-8(14)11(9)21-2/h5-6H,3-4H2,1-2H3,(H,16,20)(H,17,18,19). The van der Waals surface area contributed by atoms with Crippen molar-refractivity contribution in [3.05, 3.63) is 33.3 Å². The number of hydrogen-bond acceptors (Lipinski definition) is 4. The highest BCUT2D eigenvalue weighted by molar-refractivity contribution is 9.10. The van der Waals surface area contributed by atoms with Gasteiger partial charge in [-0.25, -0.2) is 4.98 Å². The van der Waals surface area contributed by atoms with E-state index in [2.05, 4.69) is 36.4 Å². The second-order valence-corrected chi connectivity index (χ2v) is 5.57. The fraction of sp³-hybridized carbons (Fsp3) is 0.308. The van der Waals surface area contributed by atoms with Crippen LogP contribution in [-0.4, -0.2) is 28.2 Å². The topological polar surface area (TPSA) is 79.9 Å². The molecule has 0 unspecified atom stereocenters. The van der Waals surface area contributed by atoms with Crippen LogP contribution in [0.15, 0.2) is 16.6 Å². The third-order valence-corrected chi connectivity index (χ3v) is 3.49. The molecule has 0 aliphatic heterocycles. The van der Waals surface area contributed by atoms with Gasteiger partial charge in [0.25, 0.3) is 5.91 Å². The van der Waals surface area contributed by atoms with E-state index < -0.39 is 5.91 Å². The Morgan fingerprint density at radius 1 is 1.52 bits per heavy atom. The van der Waals surface area contributed by atoms with Crippen molar-refractivity contribution in [2.24, 2.45) is 0 Å². The number of benzene rings is 1. The Hall–Kier alpha value is -1.60. The van der Waals surface area contributed by atoms with Gasteiger partial charge in [-0.2, -0.15) is 0 Å². The molecule has 1 aromatic carbocycles. The van der Waals surface area contributed by atoms with Crippen LogP contribution < -0.4 is 10.1 Å². The number of amides is 1. The third-order valence-electron chi connectivity index (χ3n) is 2.68. The summed E-state index contributed by atoms with van der Waals surface area (Å²) < 4.78 is 5.89. The Bertz CT molecular complexity index is 660. The highest BCUT2D eigenvalue weighted by Crippen LogP contribution is 2.36. The Kier molecular flexibility index (Phi) is 5.19. The van der Waals surface area contributed by atoms with Crippen molar-refractivity contribution in [2.75, 3.05) is 12.4 Å². The van der Waals surface area contributed by atoms with E-state index in [0.29, 0.717) is 26.8 Å². The summed E-state index contributed by atoms with van der Waals surface area (Å²) in [7, 11) is 1.51. The van der Waals surface area contributed by atoms with E-state index in [0.717, 1.165) is 12.8 Å². The summed E-state index contributed by atoms with van der Waals surface area (Å²) in [5.74, 6) is 0.816. The van der Waals surface area contributed by atoms with Crippen molar-refractivity contribution in [3.63, 3.8) is 0 Å². The maximum absolute atomic E-state index is 12.2. The quantitative estimate of drug-likeness (QED) is 0.841. The number of hydrogen-bond donors (Lipinski definition) is 2. The first kappa shape index (κ1) is 15.8. The number of aryl methyl sites for hydroxylation is 1. The van der Waals surface area contributed by atoms with Crippen molar-refractivity contribution in [2.45, 2.75) is 19.8 Å². The van der Waals surface area contributed by atoms with Gasteiger partial charge in [0.1, 0.15) is 5.82 Å². The van der Waals surface area contributed by atoms with E-state index in [1.165, 1.54) is 7.11 Å². The molecular formula is C13H14BrClN4O2. The number of anilines is 1. The van der Waals surface area contributed by atoms with Crippen molar-refractivity contribution < 1.29 is 9.53 Å².